The molecule has 1 aliphatic heterocycles. The smallest absolute Gasteiger partial charge is 0.302 e. The van der Waals surface area contributed by atoms with E-state index >= 15 is 0 Å². The van der Waals surface area contributed by atoms with E-state index in [1.54, 1.807) is 0 Å². The van der Waals surface area contributed by atoms with Gasteiger partial charge in [-0.25, -0.2) is 8.42 Å². The number of carbonyl (C=O) groups excluding carboxylic acids is 1. The molecule has 0 unspecified atom stereocenters. The third-order valence-corrected chi connectivity index (χ3v) is 5.09. The fraction of sp³-hybridized carbons (Fsp3) is 0.417. The van der Waals surface area contributed by atoms with Crippen molar-refractivity contribution < 1.29 is 26.4 Å². The summed E-state index contributed by atoms with van der Waals surface area (Å²) in [6.45, 7) is 0.141. The van der Waals surface area contributed by atoms with Gasteiger partial charge in [0.1, 0.15) is 6.29 Å². The van der Waals surface area contributed by atoms with Crippen molar-refractivity contribution in [1.29, 1.82) is 0 Å². The maximum atomic E-state index is 12.6. The summed E-state index contributed by atoms with van der Waals surface area (Å²) in [6.07, 6.45) is -3.19. The summed E-state index contributed by atoms with van der Waals surface area (Å²) in [4.78, 5) is 10.4. The van der Waals surface area contributed by atoms with Crippen molar-refractivity contribution in [3.63, 3.8) is 0 Å². The number of rotatable bonds is 3. The molecule has 0 N–H and O–H groups in total. The molecular weight excluding hydrogens is 295 g/mol. The van der Waals surface area contributed by atoms with E-state index in [0.29, 0.717) is 25.2 Å². The Morgan fingerprint density at radius 1 is 1.30 bits per heavy atom. The first-order valence-electron chi connectivity index (χ1n) is 5.91. The first kappa shape index (κ1) is 15.0. The zero-order valence-electron chi connectivity index (χ0n) is 10.3. The standard InChI is InChI=1S/C12H12F3NO3S/c13-12(14,15)9-3-1-5-11(7-9)20(18,19)16-6-2-4-10(16)8-17/h1,3,5,7-8,10H,2,4,6H2/t10-/m0/s1. The Hall–Kier alpha value is -1.41. The lowest BCUT2D eigenvalue weighted by Crippen LogP contribution is -2.36. The molecule has 1 fully saturated rings. The second kappa shape index (κ2) is 5.17. The van der Waals surface area contributed by atoms with Crippen LogP contribution in [0.25, 0.3) is 0 Å². The summed E-state index contributed by atoms with van der Waals surface area (Å²) >= 11 is 0. The number of hydrogen-bond donors (Lipinski definition) is 0. The third-order valence-electron chi connectivity index (χ3n) is 3.17. The molecule has 1 aromatic carbocycles. The molecule has 1 atom stereocenters. The van der Waals surface area contributed by atoms with Crippen molar-refractivity contribution in [3.05, 3.63) is 29.8 Å². The predicted molar refractivity (Wildman–Crippen MR) is 64.4 cm³/mol. The van der Waals surface area contributed by atoms with Gasteiger partial charge in [0.05, 0.1) is 16.5 Å². The van der Waals surface area contributed by atoms with Gasteiger partial charge < -0.3 is 4.79 Å². The minimum Gasteiger partial charge on any atom is -0.302 e. The van der Waals surface area contributed by atoms with E-state index in [4.69, 9.17) is 0 Å². The molecule has 0 saturated carbocycles. The number of benzene rings is 1. The van der Waals surface area contributed by atoms with Crippen molar-refractivity contribution in [2.45, 2.75) is 30.0 Å². The highest BCUT2D eigenvalue weighted by Crippen LogP contribution is 2.32. The number of aldehydes is 1. The van der Waals surface area contributed by atoms with Crippen molar-refractivity contribution in [2.24, 2.45) is 0 Å². The highest BCUT2D eigenvalue weighted by molar-refractivity contribution is 7.89. The molecule has 0 spiro atoms. The second-order valence-electron chi connectivity index (χ2n) is 4.49. The van der Waals surface area contributed by atoms with Gasteiger partial charge in [-0.2, -0.15) is 17.5 Å². The van der Waals surface area contributed by atoms with E-state index in [2.05, 4.69) is 0 Å². The lowest BCUT2D eigenvalue weighted by Gasteiger charge is -2.20. The fourth-order valence-electron chi connectivity index (χ4n) is 2.17. The molecule has 20 heavy (non-hydrogen) atoms. The van der Waals surface area contributed by atoms with Crippen molar-refractivity contribution >= 4 is 16.3 Å². The number of nitrogens with zero attached hydrogens (tertiary/aromatic N) is 1. The first-order valence-corrected chi connectivity index (χ1v) is 7.35. The first-order chi connectivity index (χ1) is 9.26. The van der Waals surface area contributed by atoms with E-state index in [1.165, 1.54) is 0 Å². The van der Waals surface area contributed by atoms with E-state index in [0.717, 1.165) is 22.5 Å². The number of sulfonamides is 1. The Balaban J connectivity index is 2.42. The van der Waals surface area contributed by atoms with Crippen molar-refractivity contribution in [2.75, 3.05) is 6.54 Å². The van der Waals surface area contributed by atoms with E-state index in [1.807, 2.05) is 0 Å². The molecule has 0 bridgehead atoms. The van der Waals surface area contributed by atoms with Gasteiger partial charge in [0, 0.05) is 6.54 Å². The van der Waals surface area contributed by atoms with Gasteiger partial charge in [0.15, 0.2) is 0 Å². The average Bonchev–Trinajstić information content (AvgIpc) is 2.87. The normalized spacial score (nSPS) is 21.1. The van der Waals surface area contributed by atoms with Crippen LogP contribution in [-0.4, -0.2) is 31.6 Å². The maximum absolute atomic E-state index is 12.6. The SMILES string of the molecule is O=C[C@@H]1CCCN1S(=O)(=O)c1cccc(C(F)(F)F)c1. The van der Waals surface area contributed by atoms with Crippen LogP contribution < -0.4 is 0 Å². The number of halogens is 3. The Morgan fingerprint density at radius 2 is 2.00 bits per heavy atom. The lowest BCUT2D eigenvalue weighted by atomic mass is 10.2. The van der Waals surface area contributed by atoms with E-state index < -0.39 is 32.7 Å². The Morgan fingerprint density at radius 3 is 2.60 bits per heavy atom. The lowest BCUT2D eigenvalue weighted by molar-refractivity contribution is -0.137. The minimum atomic E-state index is -4.61. The second-order valence-corrected chi connectivity index (χ2v) is 6.38. The Kier molecular flexibility index (Phi) is 3.88. The zero-order valence-corrected chi connectivity index (χ0v) is 11.1. The van der Waals surface area contributed by atoms with Crippen LogP contribution in [0.5, 0.6) is 0 Å². The van der Waals surface area contributed by atoms with Gasteiger partial charge in [-0.3, -0.25) is 0 Å². The maximum Gasteiger partial charge on any atom is 0.416 e. The quantitative estimate of drug-likeness (QED) is 0.803. The summed E-state index contributed by atoms with van der Waals surface area (Å²) in [5.41, 5.74) is -1.03. The van der Waals surface area contributed by atoms with Crippen molar-refractivity contribution in [1.82, 2.24) is 4.31 Å². The molecule has 8 heteroatoms. The molecule has 0 aliphatic carbocycles. The molecule has 1 saturated heterocycles. The van der Waals surface area contributed by atoms with Crippen LogP contribution in [0, 0.1) is 0 Å². The monoisotopic (exact) mass is 307 g/mol. The van der Waals surface area contributed by atoms with Crippen LogP contribution in [0.4, 0.5) is 13.2 Å². The van der Waals surface area contributed by atoms with E-state index in [-0.39, 0.29) is 6.54 Å². The zero-order chi connectivity index (χ0) is 15.0. The summed E-state index contributed by atoms with van der Waals surface area (Å²) in [6, 6.07) is 2.75. The molecule has 1 heterocycles. The Bertz CT molecular complexity index is 613. The highest BCUT2D eigenvalue weighted by atomic mass is 32.2. The summed E-state index contributed by atoms with van der Waals surface area (Å²) in [7, 11) is -4.08. The van der Waals surface area contributed by atoms with Gasteiger partial charge in [-0.05, 0) is 31.0 Å². The predicted octanol–water partition coefficient (Wildman–Crippen LogP) is 2.06. The van der Waals surface area contributed by atoms with Crippen LogP contribution in [0.3, 0.4) is 0 Å². The largest absolute Gasteiger partial charge is 0.416 e. The minimum absolute atomic E-state index is 0.141. The molecule has 4 nitrogen and oxygen atoms in total. The van der Waals surface area contributed by atoms with Gasteiger partial charge in [0.25, 0.3) is 0 Å². The molecule has 110 valence electrons. The van der Waals surface area contributed by atoms with E-state index in [9.17, 15) is 26.4 Å². The van der Waals surface area contributed by atoms with Gasteiger partial charge in [-0.1, -0.05) is 6.07 Å². The molecule has 0 radical (unpaired) electrons. The summed E-state index contributed by atoms with van der Waals surface area (Å²) < 4.78 is 63.4. The summed E-state index contributed by atoms with van der Waals surface area (Å²) in [5, 5.41) is 0. The van der Waals surface area contributed by atoms with Gasteiger partial charge in [-0.15, -0.1) is 0 Å². The van der Waals surface area contributed by atoms with Crippen LogP contribution >= 0.6 is 0 Å². The molecule has 2 rings (SSSR count). The summed E-state index contributed by atoms with van der Waals surface area (Å²) in [5.74, 6) is 0. The fourth-order valence-corrected chi connectivity index (χ4v) is 3.85. The molecule has 1 aliphatic rings. The molecule has 0 aromatic heterocycles. The Labute approximate surface area is 114 Å². The topological polar surface area (TPSA) is 54.5 Å². The molecule has 1 aromatic rings. The van der Waals surface area contributed by atoms with Crippen LogP contribution in [0.15, 0.2) is 29.2 Å². The number of alkyl halides is 3. The van der Waals surface area contributed by atoms with Crippen molar-refractivity contribution in [3.8, 4) is 0 Å². The van der Waals surface area contributed by atoms with Gasteiger partial charge in [0.2, 0.25) is 10.0 Å². The number of carbonyl (C=O) groups is 1. The van der Waals surface area contributed by atoms with Gasteiger partial charge >= 0.3 is 6.18 Å². The average molecular weight is 307 g/mol. The molecule has 0 amide bonds. The number of hydrogen-bond acceptors (Lipinski definition) is 3. The van der Waals surface area contributed by atoms with Crippen LogP contribution in [-0.2, 0) is 21.0 Å². The third kappa shape index (κ3) is 2.71. The van der Waals surface area contributed by atoms with Crippen LogP contribution in [0.2, 0.25) is 0 Å². The highest BCUT2D eigenvalue weighted by Gasteiger charge is 2.37. The van der Waals surface area contributed by atoms with Crippen LogP contribution in [0.1, 0.15) is 18.4 Å². The molecular formula is C12H12F3NO3S.